The van der Waals surface area contributed by atoms with E-state index in [0.29, 0.717) is 11.5 Å². The van der Waals surface area contributed by atoms with Crippen LogP contribution in [0.4, 0.5) is 10.6 Å². The Morgan fingerprint density at radius 1 is 1.50 bits per heavy atom. The van der Waals surface area contributed by atoms with Gasteiger partial charge in [-0.1, -0.05) is 0 Å². The molecule has 2 aromatic rings. The van der Waals surface area contributed by atoms with Crippen LogP contribution in [-0.4, -0.2) is 20.6 Å². The lowest BCUT2D eigenvalue weighted by atomic mass is 10.3. The lowest BCUT2D eigenvalue weighted by Gasteiger charge is -2.05. The summed E-state index contributed by atoms with van der Waals surface area (Å²) in [5.74, 6) is 0.365. The number of pyridine rings is 1. The summed E-state index contributed by atoms with van der Waals surface area (Å²) in [5.41, 5.74) is 0.533. The van der Waals surface area contributed by atoms with Crippen LogP contribution >= 0.6 is 0 Å². The molecule has 6 nitrogen and oxygen atoms in total. The third-order valence-electron chi connectivity index (χ3n) is 1.96. The maximum Gasteiger partial charge on any atom is 0.332 e. The quantitative estimate of drug-likeness (QED) is 0.748. The highest BCUT2D eigenvalue weighted by Gasteiger charge is 2.04. The molecule has 0 saturated carbocycles. The number of anilines is 1. The lowest BCUT2D eigenvalue weighted by Crippen LogP contribution is -2.19. The molecule has 0 atom stereocenters. The third kappa shape index (κ3) is 2.17. The molecule has 0 aliphatic carbocycles. The fourth-order valence-corrected chi connectivity index (χ4v) is 1.31. The molecule has 2 N–H and O–H groups in total. The van der Waals surface area contributed by atoms with Gasteiger partial charge in [-0.25, -0.2) is 9.78 Å². The average Bonchev–Trinajstić information content (AvgIpc) is 2.68. The molecule has 2 heterocycles. The van der Waals surface area contributed by atoms with E-state index < -0.39 is 0 Å². The molecule has 0 aromatic carbocycles. The van der Waals surface area contributed by atoms with Crippen LogP contribution in [0, 0.1) is 6.92 Å². The molecule has 0 radical (unpaired) electrons. The Bertz CT molecular complexity index is 556. The van der Waals surface area contributed by atoms with E-state index in [2.05, 4.69) is 15.3 Å². The van der Waals surface area contributed by atoms with E-state index in [9.17, 15) is 9.59 Å². The number of amides is 1. The minimum Gasteiger partial charge on any atom is -0.345 e. The van der Waals surface area contributed by atoms with E-state index >= 15 is 0 Å². The summed E-state index contributed by atoms with van der Waals surface area (Å²) < 4.78 is 1.28. The van der Waals surface area contributed by atoms with Gasteiger partial charge >= 0.3 is 6.03 Å². The van der Waals surface area contributed by atoms with E-state index in [1.165, 1.54) is 35.4 Å². The number of hydrogen-bond acceptors (Lipinski definition) is 3. The molecular formula is C10H10N4O2. The van der Waals surface area contributed by atoms with Gasteiger partial charge in [0.2, 0.25) is 0 Å². The van der Waals surface area contributed by atoms with Gasteiger partial charge in [0.05, 0.1) is 0 Å². The maximum absolute atomic E-state index is 11.6. The van der Waals surface area contributed by atoms with Gasteiger partial charge in [0.15, 0.2) is 5.43 Å². The Hall–Kier alpha value is -2.37. The number of carbonyl (C=O) groups excluding carboxylic acids is 1. The highest BCUT2D eigenvalue weighted by Crippen LogP contribution is 2.01. The molecule has 0 bridgehead atoms. The van der Waals surface area contributed by atoms with Gasteiger partial charge in [-0.05, 0) is 6.92 Å². The summed E-state index contributed by atoms with van der Waals surface area (Å²) in [7, 11) is 0. The summed E-state index contributed by atoms with van der Waals surface area (Å²) in [6.07, 6.45) is 4.39. The van der Waals surface area contributed by atoms with Crippen LogP contribution in [0.3, 0.4) is 0 Å². The van der Waals surface area contributed by atoms with E-state index in [1.807, 2.05) is 0 Å². The SMILES string of the molecule is Cc1cc(=O)cc(NC(=O)n2ccnc2)[nH]1. The first-order valence-electron chi connectivity index (χ1n) is 4.65. The summed E-state index contributed by atoms with van der Waals surface area (Å²) in [6.45, 7) is 1.74. The van der Waals surface area contributed by atoms with E-state index in [4.69, 9.17) is 0 Å². The van der Waals surface area contributed by atoms with Gasteiger partial charge < -0.3 is 4.98 Å². The maximum atomic E-state index is 11.6. The van der Waals surface area contributed by atoms with Gasteiger partial charge in [0.1, 0.15) is 12.1 Å². The van der Waals surface area contributed by atoms with Crippen molar-refractivity contribution < 1.29 is 4.79 Å². The molecular weight excluding hydrogens is 208 g/mol. The second kappa shape index (κ2) is 4.01. The smallest absolute Gasteiger partial charge is 0.332 e. The number of carbonyl (C=O) groups is 1. The predicted octanol–water partition coefficient (Wildman–Crippen LogP) is 0.960. The summed E-state index contributed by atoms with van der Waals surface area (Å²) in [6, 6.07) is 2.40. The first-order chi connectivity index (χ1) is 7.65. The minimum atomic E-state index is -0.376. The summed E-state index contributed by atoms with van der Waals surface area (Å²) in [4.78, 5) is 29.4. The standard InChI is InChI=1S/C10H10N4O2/c1-7-4-8(15)5-9(12-7)13-10(16)14-3-2-11-6-14/h2-6H,1H3,(H2,12,13,15,16). The number of nitrogens with zero attached hydrogens (tertiary/aromatic N) is 2. The Morgan fingerprint density at radius 2 is 2.31 bits per heavy atom. The molecule has 82 valence electrons. The monoisotopic (exact) mass is 218 g/mol. The molecule has 0 spiro atoms. The van der Waals surface area contributed by atoms with E-state index in [1.54, 1.807) is 6.92 Å². The number of aromatic amines is 1. The van der Waals surface area contributed by atoms with Crippen LogP contribution in [0.15, 0.2) is 35.6 Å². The van der Waals surface area contributed by atoms with Crippen molar-refractivity contribution in [1.29, 1.82) is 0 Å². The largest absolute Gasteiger partial charge is 0.345 e. The highest BCUT2D eigenvalue weighted by atomic mass is 16.2. The zero-order valence-corrected chi connectivity index (χ0v) is 8.60. The highest BCUT2D eigenvalue weighted by molar-refractivity contribution is 5.89. The van der Waals surface area contributed by atoms with Crippen molar-refractivity contribution in [1.82, 2.24) is 14.5 Å². The Kier molecular flexibility index (Phi) is 2.55. The number of nitrogens with one attached hydrogen (secondary N) is 2. The summed E-state index contributed by atoms with van der Waals surface area (Å²) in [5, 5.41) is 2.55. The lowest BCUT2D eigenvalue weighted by molar-refractivity contribution is 0.253. The topological polar surface area (TPSA) is 79.8 Å². The molecule has 1 amide bonds. The molecule has 2 rings (SSSR count). The third-order valence-corrected chi connectivity index (χ3v) is 1.96. The number of hydrogen-bond donors (Lipinski definition) is 2. The minimum absolute atomic E-state index is 0.155. The molecule has 0 aliphatic rings. The van der Waals surface area contributed by atoms with Crippen molar-refractivity contribution in [3.05, 3.63) is 46.8 Å². The van der Waals surface area contributed by atoms with Crippen LogP contribution in [0.25, 0.3) is 0 Å². The fourth-order valence-electron chi connectivity index (χ4n) is 1.31. The van der Waals surface area contributed by atoms with Gasteiger partial charge in [-0.2, -0.15) is 0 Å². The van der Waals surface area contributed by atoms with Crippen LogP contribution in [0.2, 0.25) is 0 Å². The van der Waals surface area contributed by atoms with Crippen LogP contribution in [0.5, 0.6) is 0 Å². The summed E-state index contributed by atoms with van der Waals surface area (Å²) >= 11 is 0. The van der Waals surface area contributed by atoms with Crippen molar-refractivity contribution in [3.63, 3.8) is 0 Å². The predicted molar refractivity (Wildman–Crippen MR) is 58.4 cm³/mol. The van der Waals surface area contributed by atoms with Gasteiger partial charge in [0, 0.05) is 30.2 Å². The van der Waals surface area contributed by atoms with E-state index in [0.717, 1.165) is 0 Å². The zero-order valence-electron chi connectivity index (χ0n) is 8.60. The van der Waals surface area contributed by atoms with Crippen LogP contribution < -0.4 is 10.7 Å². The average molecular weight is 218 g/mol. The van der Waals surface area contributed by atoms with Crippen molar-refractivity contribution in [3.8, 4) is 0 Å². The van der Waals surface area contributed by atoms with Crippen molar-refractivity contribution in [2.75, 3.05) is 5.32 Å². The number of aromatic nitrogens is 3. The number of aryl methyl sites for hydroxylation is 1. The number of rotatable bonds is 1. The Balaban J connectivity index is 2.21. The molecule has 16 heavy (non-hydrogen) atoms. The fraction of sp³-hybridized carbons (Fsp3) is 0.100. The Morgan fingerprint density at radius 3 is 2.94 bits per heavy atom. The molecule has 0 saturated heterocycles. The molecule has 6 heteroatoms. The second-order valence-corrected chi connectivity index (χ2v) is 3.31. The van der Waals surface area contributed by atoms with E-state index in [-0.39, 0.29) is 11.5 Å². The normalized spacial score (nSPS) is 10.1. The van der Waals surface area contributed by atoms with Crippen molar-refractivity contribution in [2.45, 2.75) is 6.92 Å². The first kappa shape index (κ1) is 10.2. The second-order valence-electron chi connectivity index (χ2n) is 3.31. The number of H-pyrrole nitrogens is 1. The molecule has 0 aliphatic heterocycles. The molecule has 2 aromatic heterocycles. The van der Waals surface area contributed by atoms with Crippen LogP contribution in [0.1, 0.15) is 5.69 Å². The van der Waals surface area contributed by atoms with Gasteiger partial charge in [0.25, 0.3) is 0 Å². The zero-order chi connectivity index (χ0) is 11.5. The van der Waals surface area contributed by atoms with Crippen LogP contribution in [-0.2, 0) is 0 Å². The van der Waals surface area contributed by atoms with Crippen molar-refractivity contribution >= 4 is 11.8 Å². The van der Waals surface area contributed by atoms with Crippen molar-refractivity contribution in [2.24, 2.45) is 0 Å². The number of imidazole rings is 1. The Labute approximate surface area is 90.9 Å². The van der Waals surface area contributed by atoms with Gasteiger partial charge in [-0.3, -0.25) is 14.7 Å². The first-order valence-corrected chi connectivity index (χ1v) is 4.65. The van der Waals surface area contributed by atoms with Gasteiger partial charge in [-0.15, -0.1) is 0 Å². The molecule has 0 fully saturated rings. The molecule has 0 unspecified atom stereocenters.